The molecule has 208 valence electrons. The lowest BCUT2D eigenvalue weighted by atomic mass is 10.00. The summed E-state index contributed by atoms with van der Waals surface area (Å²) < 4.78 is 24.1. The summed E-state index contributed by atoms with van der Waals surface area (Å²) in [4.78, 5) is 24.6. The Kier molecular flexibility index (Phi) is 8.43. The van der Waals surface area contributed by atoms with Gasteiger partial charge >= 0.3 is 5.97 Å². The third-order valence-electron chi connectivity index (χ3n) is 6.23. The van der Waals surface area contributed by atoms with Crippen molar-refractivity contribution in [2.24, 2.45) is 5.92 Å². The van der Waals surface area contributed by atoms with Gasteiger partial charge in [0.15, 0.2) is 11.5 Å². The monoisotopic (exact) mass is 543 g/mol. The van der Waals surface area contributed by atoms with Crippen LogP contribution >= 0.6 is 0 Å². The number of carbonyl (C=O) groups excluding carboxylic acids is 2. The fourth-order valence-electron chi connectivity index (χ4n) is 4.25. The van der Waals surface area contributed by atoms with Crippen molar-refractivity contribution < 1.29 is 28.5 Å². The molecule has 3 aromatic carbocycles. The number of carbonyl (C=O) groups is 2. The number of benzene rings is 3. The van der Waals surface area contributed by atoms with Crippen molar-refractivity contribution in [3.8, 4) is 51.2 Å². The first kappa shape index (κ1) is 28.2. The summed E-state index contributed by atoms with van der Waals surface area (Å²) in [6, 6.07) is 18.6. The zero-order valence-electron chi connectivity index (χ0n) is 23.7. The van der Waals surface area contributed by atoms with E-state index >= 15 is 0 Å². The van der Waals surface area contributed by atoms with Gasteiger partial charge in [-0.15, -0.1) is 0 Å². The maximum absolute atomic E-state index is 12.3. The van der Waals surface area contributed by atoms with Gasteiger partial charge in [-0.25, -0.2) is 0 Å². The highest BCUT2D eigenvalue weighted by Crippen LogP contribution is 2.46. The van der Waals surface area contributed by atoms with Crippen molar-refractivity contribution >= 4 is 17.6 Å². The lowest BCUT2D eigenvalue weighted by molar-refractivity contribution is -0.132. The Morgan fingerprint density at radius 3 is 2.05 bits per heavy atom. The van der Waals surface area contributed by atoms with E-state index in [2.05, 4.69) is 5.32 Å². The summed E-state index contributed by atoms with van der Waals surface area (Å²) in [7, 11) is 4.62. The van der Waals surface area contributed by atoms with E-state index in [1.165, 1.54) is 14.0 Å². The molecule has 4 rings (SSSR count). The molecule has 9 nitrogen and oxygen atoms in total. The molecule has 4 aromatic rings. The van der Waals surface area contributed by atoms with Crippen molar-refractivity contribution in [3.63, 3.8) is 0 Å². The van der Waals surface area contributed by atoms with Crippen LogP contribution in [-0.2, 0) is 9.59 Å². The van der Waals surface area contributed by atoms with Crippen molar-refractivity contribution in [3.05, 3.63) is 66.2 Å². The molecule has 0 aliphatic carbocycles. The van der Waals surface area contributed by atoms with E-state index in [1.807, 2.05) is 57.2 Å². The molecule has 0 bridgehead atoms. The Hall–Kier alpha value is -4.79. The van der Waals surface area contributed by atoms with Crippen LogP contribution < -0.4 is 24.3 Å². The third-order valence-corrected chi connectivity index (χ3v) is 6.23. The zero-order chi connectivity index (χ0) is 29.0. The van der Waals surface area contributed by atoms with Gasteiger partial charge in [0, 0.05) is 24.1 Å². The molecular formula is C31H33N3O6. The SMILES string of the molecule is COc1cc(-c2nn(-c3cccc(C)c3)c(OC(C)=O)c2-c2ccc(NC(=O)C(C)C)cc2)cc(OC)c1OC. The van der Waals surface area contributed by atoms with E-state index in [4.69, 9.17) is 24.0 Å². The lowest BCUT2D eigenvalue weighted by Crippen LogP contribution is -2.17. The quantitative estimate of drug-likeness (QED) is 0.256. The highest BCUT2D eigenvalue weighted by atomic mass is 16.5. The summed E-state index contributed by atoms with van der Waals surface area (Å²) in [6.07, 6.45) is 0. The number of amides is 1. The predicted molar refractivity (Wildman–Crippen MR) is 154 cm³/mol. The number of methoxy groups -OCH3 is 3. The summed E-state index contributed by atoms with van der Waals surface area (Å²) in [5.74, 6) is 0.863. The molecule has 0 aliphatic rings. The maximum Gasteiger partial charge on any atom is 0.309 e. The van der Waals surface area contributed by atoms with Gasteiger partial charge in [0.05, 0.1) is 32.6 Å². The van der Waals surface area contributed by atoms with Gasteiger partial charge in [-0.2, -0.15) is 9.78 Å². The molecule has 9 heteroatoms. The minimum absolute atomic E-state index is 0.0845. The maximum atomic E-state index is 12.3. The topological polar surface area (TPSA) is 101 Å². The second kappa shape index (κ2) is 11.9. The molecule has 1 N–H and O–H groups in total. The van der Waals surface area contributed by atoms with Crippen LogP contribution in [0.3, 0.4) is 0 Å². The number of ether oxygens (including phenoxy) is 4. The average Bonchev–Trinajstić information content (AvgIpc) is 3.30. The van der Waals surface area contributed by atoms with Crippen molar-refractivity contribution in [1.29, 1.82) is 0 Å². The number of hydrogen-bond donors (Lipinski definition) is 1. The molecule has 0 saturated heterocycles. The normalized spacial score (nSPS) is 10.8. The minimum Gasteiger partial charge on any atom is -0.493 e. The van der Waals surface area contributed by atoms with Gasteiger partial charge in [0.1, 0.15) is 5.69 Å². The summed E-state index contributed by atoms with van der Waals surface area (Å²) in [5.41, 5.74) is 4.86. The van der Waals surface area contributed by atoms with E-state index in [0.717, 1.165) is 16.8 Å². The number of hydrogen-bond acceptors (Lipinski definition) is 7. The molecule has 0 saturated carbocycles. The van der Waals surface area contributed by atoms with Crippen LogP contribution in [0.2, 0.25) is 0 Å². The summed E-state index contributed by atoms with van der Waals surface area (Å²) >= 11 is 0. The fourth-order valence-corrected chi connectivity index (χ4v) is 4.25. The molecule has 1 aromatic heterocycles. The predicted octanol–water partition coefficient (Wildman–Crippen LogP) is 6.06. The van der Waals surface area contributed by atoms with E-state index in [9.17, 15) is 9.59 Å². The first-order chi connectivity index (χ1) is 19.2. The summed E-state index contributed by atoms with van der Waals surface area (Å²) in [6.45, 7) is 6.99. The van der Waals surface area contributed by atoms with Gasteiger partial charge in [0.25, 0.3) is 0 Å². The molecule has 0 radical (unpaired) electrons. The molecule has 0 unspecified atom stereocenters. The van der Waals surface area contributed by atoms with Crippen LogP contribution in [0.1, 0.15) is 26.3 Å². The number of nitrogens with one attached hydrogen (secondary N) is 1. The minimum atomic E-state index is -0.493. The first-order valence-corrected chi connectivity index (χ1v) is 12.8. The molecule has 1 heterocycles. The van der Waals surface area contributed by atoms with Gasteiger partial charge in [-0.05, 0) is 54.4 Å². The smallest absolute Gasteiger partial charge is 0.309 e. The molecule has 40 heavy (non-hydrogen) atoms. The second-order valence-corrected chi connectivity index (χ2v) is 9.51. The second-order valence-electron chi connectivity index (χ2n) is 9.51. The van der Waals surface area contributed by atoms with Crippen LogP contribution in [0, 0.1) is 12.8 Å². The Bertz CT molecular complexity index is 1510. The van der Waals surface area contributed by atoms with Gasteiger partial charge < -0.3 is 24.3 Å². The Morgan fingerprint density at radius 2 is 1.52 bits per heavy atom. The van der Waals surface area contributed by atoms with E-state index in [0.29, 0.717) is 39.8 Å². The third kappa shape index (κ3) is 5.78. The lowest BCUT2D eigenvalue weighted by Gasteiger charge is -2.14. The molecule has 0 aliphatic heterocycles. The Morgan fingerprint density at radius 1 is 0.875 bits per heavy atom. The Balaban J connectivity index is 2.00. The van der Waals surface area contributed by atoms with E-state index < -0.39 is 5.97 Å². The number of esters is 1. The van der Waals surface area contributed by atoms with Crippen molar-refractivity contribution in [2.45, 2.75) is 27.7 Å². The molecule has 0 fully saturated rings. The van der Waals surface area contributed by atoms with Crippen LogP contribution in [0.15, 0.2) is 60.7 Å². The van der Waals surface area contributed by atoms with Crippen molar-refractivity contribution in [2.75, 3.05) is 26.6 Å². The van der Waals surface area contributed by atoms with Crippen LogP contribution in [-0.4, -0.2) is 43.0 Å². The standard InChI is InChI=1S/C31H33N3O6/c1-18(2)30(36)32-23-13-11-21(12-14-23)27-28(22-16-25(37-5)29(39-7)26(17-22)38-6)33-34(31(27)40-20(4)35)24-10-8-9-19(3)15-24/h8-18H,1-7H3,(H,32,36). The number of rotatable bonds is 9. The van der Waals surface area contributed by atoms with Gasteiger partial charge in [-0.1, -0.05) is 38.1 Å². The van der Waals surface area contributed by atoms with Crippen LogP contribution in [0.5, 0.6) is 23.1 Å². The molecule has 0 atom stereocenters. The zero-order valence-corrected chi connectivity index (χ0v) is 23.7. The highest BCUT2D eigenvalue weighted by molar-refractivity contribution is 5.93. The average molecular weight is 544 g/mol. The number of aromatic nitrogens is 2. The van der Waals surface area contributed by atoms with Crippen molar-refractivity contribution in [1.82, 2.24) is 9.78 Å². The van der Waals surface area contributed by atoms with Gasteiger partial charge in [-0.3, -0.25) is 9.59 Å². The largest absolute Gasteiger partial charge is 0.493 e. The number of aryl methyl sites for hydroxylation is 1. The van der Waals surface area contributed by atoms with Gasteiger partial charge in [0.2, 0.25) is 17.5 Å². The van der Waals surface area contributed by atoms with E-state index in [-0.39, 0.29) is 17.7 Å². The summed E-state index contributed by atoms with van der Waals surface area (Å²) in [5, 5.41) is 7.84. The van der Waals surface area contributed by atoms with Crippen LogP contribution in [0.4, 0.5) is 5.69 Å². The fraction of sp³-hybridized carbons (Fsp3) is 0.258. The Labute approximate surface area is 233 Å². The highest BCUT2D eigenvalue weighted by Gasteiger charge is 2.26. The first-order valence-electron chi connectivity index (χ1n) is 12.8. The van der Waals surface area contributed by atoms with E-state index in [1.54, 1.807) is 43.2 Å². The van der Waals surface area contributed by atoms with Crippen LogP contribution in [0.25, 0.3) is 28.1 Å². The molecular weight excluding hydrogens is 510 g/mol. The molecule has 1 amide bonds. The number of nitrogens with zero attached hydrogens (tertiary/aromatic N) is 2. The molecule has 0 spiro atoms. The number of anilines is 1.